The minimum absolute atomic E-state index is 0.125. The van der Waals surface area contributed by atoms with E-state index in [2.05, 4.69) is 10.3 Å². The Morgan fingerprint density at radius 2 is 2.29 bits per heavy atom. The normalized spacial score (nSPS) is 16.5. The van der Waals surface area contributed by atoms with Gasteiger partial charge >= 0.3 is 0 Å². The van der Waals surface area contributed by atoms with Crippen molar-refractivity contribution in [2.24, 2.45) is 5.92 Å². The minimum Gasteiger partial charge on any atom is -0.378 e. The highest BCUT2D eigenvalue weighted by atomic mass is 19.1. The van der Waals surface area contributed by atoms with Gasteiger partial charge in [0.15, 0.2) is 5.82 Å². The van der Waals surface area contributed by atoms with Crippen molar-refractivity contribution in [3.05, 3.63) is 40.3 Å². The van der Waals surface area contributed by atoms with Crippen molar-refractivity contribution in [1.82, 2.24) is 4.98 Å². The molecule has 1 aliphatic carbocycles. The van der Waals surface area contributed by atoms with Crippen LogP contribution in [0.5, 0.6) is 0 Å². The number of aromatic nitrogens is 1. The van der Waals surface area contributed by atoms with Crippen LogP contribution in [0.25, 0.3) is 10.9 Å². The fraction of sp³-hybridized carbons (Fsp3) is 0.400. The van der Waals surface area contributed by atoms with E-state index in [1.807, 2.05) is 6.92 Å². The Labute approximate surface area is 121 Å². The molecule has 1 aromatic carbocycles. The van der Waals surface area contributed by atoms with Crippen molar-refractivity contribution in [2.75, 3.05) is 5.32 Å². The van der Waals surface area contributed by atoms with Gasteiger partial charge in [-0.2, -0.15) is 0 Å². The molecule has 21 heavy (non-hydrogen) atoms. The average molecular weight is 289 g/mol. The maximum absolute atomic E-state index is 14.3. The van der Waals surface area contributed by atoms with E-state index in [1.54, 1.807) is 12.1 Å². The van der Waals surface area contributed by atoms with Gasteiger partial charge in [-0.1, -0.05) is 6.42 Å². The summed E-state index contributed by atoms with van der Waals surface area (Å²) in [5.41, 5.74) is 0.323. The predicted molar refractivity (Wildman–Crippen MR) is 78.8 cm³/mol. The number of rotatable bonds is 4. The molecule has 2 aromatic rings. The number of benzene rings is 1. The summed E-state index contributed by atoms with van der Waals surface area (Å²) in [6.07, 6.45) is 4.99. The van der Waals surface area contributed by atoms with Crippen LogP contribution in [-0.4, -0.2) is 15.9 Å². The maximum Gasteiger partial charge on any atom is 0.281 e. The minimum atomic E-state index is -0.626. The van der Waals surface area contributed by atoms with Gasteiger partial charge < -0.3 is 5.32 Å². The summed E-state index contributed by atoms with van der Waals surface area (Å²) in [4.78, 5) is 14.6. The van der Waals surface area contributed by atoms with E-state index >= 15 is 0 Å². The molecule has 3 rings (SSSR count). The molecular formula is C15H16FN3O2. The summed E-state index contributed by atoms with van der Waals surface area (Å²) in [6, 6.07) is 4.31. The number of nitro groups is 1. The number of nitrogens with zero attached hydrogens (tertiary/aromatic N) is 2. The standard InChI is InChI=1S/C15H16FN3O2/c1-9(10-4-2-5-10)18-15-12(16)8-13(19(20)21)11-6-3-7-17-14(11)15/h3,6-10,18H,2,4-5H2,1H3. The van der Waals surface area contributed by atoms with E-state index in [1.165, 1.54) is 12.6 Å². The zero-order chi connectivity index (χ0) is 15.0. The highest BCUT2D eigenvalue weighted by Gasteiger charge is 2.26. The summed E-state index contributed by atoms with van der Waals surface area (Å²) < 4.78 is 14.3. The lowest BCUT2D eigenvalue weighted by Crippen LogP contribution is -2.31. The lowest BCUT2D eigenvalue weighted by atomic mass is 9.80. The molecule has 0 bridgehead atoms. The lowest BCUT2D eigenvalue weighted by molar-refractivity contribution is -0.383. The van der Waals surface area contributed by atoms with Gasteiger partial charge in [0.2, 0.25) is 0 Å². The van der Waals surface area contributed by atoms with Gasteiger partial charge in [-0.25, -0.2) is 4.39 Å². The van der Waals surface area contributed by atoms with E-state index in [9.17, 15) is 14.5 Å². The number of hydrogen-bond acceptors (Lipinski definition) is 4. The third kappa shape index (κ3) is 2.41. The first-order valence-corrected chi connectivity index (χ1v) is 7.06. The number of nitrogens with one attached hydrogen (secondary N) is 1. The van der Waals surface area contributed by atoms with Crippen molar-refractivity contribution in [1.29, 1.82) is 0 Å². The molecular weight excluding hydrogens is 273 g/mol. The SMILES string of the molecule is CC(Nc1c(F)cc([N+](=O)[O-])c2cccnc12)C1CCC1. The second-order valence-corrected chi connectivity index (χ2v) is 5.53. The van der Waals surface area contributed by atoms with Crippen molar-refractivity contribution in [3.8, 4) is 0 Å². The van der Waals surface area contributed by atoms with Crippen molar-refractivity contribution in [2.45, 2.75) is 32.2 Å². The van der Waals surface area contributed by atoms with Gasteiger partial charge in [0.05, 0.1) is 22.1 Å². The molecule has 1 heterocycles. The molecule has 1 aliphatic rings. The topological polar surface area (TPSA) is 68.1 Å². The van der Waals surface area contributed by atoms with Crippen LogP contribution in [-0.2, 0) is 0 Å². The van der Waals surface area contributed by atoms with E-state index < -0.39 is 10.7 Å². The number of anilines is 1. The molecule has 0 saturated heterocycles. The monoisotopic (exact) mass is 289 g/mol. The van der Waals surface area contributed by atoms with Gasteiger partial charge in [0.25, 0.3) is 5.69 Å². The summed E-state index contributed by atoms with van der Waals surface area (Å²) in [5.74, 6) is -0.0996. The molecule has 0 radical (unpaired) electrons. The second kappa shape index (κ2) is 5.27. The van der Waals surface area contributed by atoms with E-state index in [4.69, 9.17) is 0 Å². The molecule has 5 nitrogen and oxygen atoms in total. The van der Waals surface area contributed by atoms with Gasteiger partial charge in [0, 0.05) is 12.2 Å². The van der Waals surface area contributed by atoms with Gasteiger partial charge in [-0.05, 0) is 37.8 Å². The Kier molecular flexibility index (Phi) is 3.45. The molecule has 0 amide bonds. The number of hydrogen-bond donors (Lipinski definition) is 1. The Balaban J connectivity index is 2.07. The van der Waals surface area contributed by atoms with Gasteiger partial charge in [-0.15, -0.1) is 0 Å². The fourth-order valence-corrected chi connectivity index (χ4v) is 2.77. The second-order valence-electron chi connectivity index (χ2n) is 5.53. The lowest BCUT2D eigenvalue weighted by Gasteiger charge is -2.32. The third-order valence-electron chi connectivity index (χ3n) is 4.25. The smallest absolute Gasteiger partial charge is 0.281 e. The molecule has 0 spiro atoms. The van der Waals surface area contributed by atoms with Crippen LogP contribution in [0.3, 0.4) is 0 Å². The Morgan fingerprint density at radius 3 is 2.90 bits per heavy atom. The number of pyridine rings is 1. The van der Waals surface area contributed by atoms with Crippen LogP contribution in [0.2, 0.25) is 0 Å². The molecule has 1 fully saturated rings. The highest BCUT2D eigenvalue weighted by Crippen LogP contribution is 2.36. The summed E-state index contributed by atoms with van der Waals surface area (Å²) in [7, 11) is 0. The predicted octanol–water partition coefficient (Wildman–Crippen LogP) is 3.88. The first-order valence-electron chi connectivity index (χ1n) is 7.06. The van der Waals surface area contributed by atoms with Crippen LogP contribution < -0.4 is 5.32 Å². The Morgan fingerprint density at radius 1 is 1.52 bits per heavy atom. The molecule has 1 atom stereocenters. The molecule has 6 heteroatoms. The molecule has 1 N–H and O–H groups in total. The van der Waals surface area contributed by atoms with Crippen molar-refractivity contribution < 1.29 is 9.31 Å². The van der Waals surface area contributed by atoms with Crippen LogP contribution in [0.15, 0.2) is 24.4 Å². The van der Waals surface area contributed by atoms with Crippen LogP contribution in [0, 0.1) is 21.8 Å². The molecule has 1 saturated carbocycles. The zero-order valence-electron chi connectivity index (χ0n) is 11.7. The van der Waals surface area contributed by atoms with Gasteiger partial charge in [0.1, 0.15) is 5.52 Å². The van der Waals surface area contributed by atoms with Crippen LogP contribution in [0.1, 0.15) is 26.2 Å². The number of non-ortho nitro benzene ring substituents is 1. The van der Waals surface area contributed by atoms with E-state index in [-0.39, 0.29) is 17.4 Å². The molecule has 110 valence electrons. The Bertz CT molecular complexity index is 701. The summed E-state index contributed by atoms with van der Waals surface area (Å²) >= 11 is 0. The summed E-state index contributed by atoms with van der Waals surface area (Å²) in [5, 5.41) is 14.6. The number of halogens is 1. The first-order chi connectivity index (χ1) is 10.1. The molecule has 0 aliphatic heterocycles. The average Bonchev–Trinajstić information content (AvgIpc) is 2.39. The summed E-state index contributed by atoms with van der Waals surface area (Å²) in [6.45, 7) is 2.01. The number of fused-ring (bicyclic) bond motifs is 1. The van der Waals surface area contributed by atoms with E-state index in [0.717, 1.165) is 18.9 Å². The fourth-order valence-electron chi connectivity index (χ4n) is 2.77. The zero-order valence-corrected chi connectivity index (χ0v) is 11.7. The third-order valence-corrected chi connectivity index (χ3v) is 4.25. The van der Waals surface area contributed by atoms with Crippen molar-refractivity contribution in [3.63, 3.8) is 0 Å². The first kappa shape index (κ1) is 13.7. The Hall–Kier alpha value is -2.24. The van der Waals surface area contributed by atoms with Gasteiger partial charge in [-0.3, -0.25) is 15.1 Å². The van der Waals surface area contributed by atoms with Crippen LogP contribution >= 0.6 is 0 Å². The van der Waals surface area contributed by atoms with Crippen molar-refractivity contribution >= 4 is 22.3 Å². The van der Waals surface area contributed by atoms with Crippen LogP contribution in [0.4, 0.5) is 15.8 Å². The number of nitro benzene ring substituents is 1. The largest absolute Gasteiger partial charge is 0.378 e. The maximum atomic E-state index is 14.3. The quantitative estimate of drug-likeness (QED) is 0.685. The molecule has 1 unspecified atom stereocenters. The highest BCUT2D eigenvalue weighted by molar-refractivity contribution is 5.97. The molecule has 1 aromatic heterocycles. The van der Waals surface area contributed by atoms with E-state index in [0.29, 0.717) is 16.8 Å².